The molecule has 4 rings (SSSR count). The highest BCUT2D eigenvalue weighted by molar-refractivity contribution is 14.1. The Morgan fingerprint density at radius 3 is 2.93 bits per heavy atom. The molecule has 0 unspecified atom stereocenters. The first-order chi connectivity index (χ1) is 14.1. The van der Waals surface area contributed by atoms with Crippen LogP contribution in [-0.4, -0.2) is 27.3 Å². The first kappa shape index (κ1) is 20.0. The van der Waals surface area contributed by atoms with Gasteiger partial charge in [0.1, 0.15) is 12.9 Å². The first-order valence-electron chi connectivity index (χ1n) is 9.08. The van der Waals surface area contributed by atoms with Crippen LogP contribution < -0.4 is 14.8 Å². The number of rotatable bonds is 6. The van der Waals surface area contributed by atoms with Gasteiger partial charge < -0.3 is 9.47 Å². The van der Waals surface area contributed by atoms with E-state index in [2.05, 4.69) is 38.0 Å². The monoisotopic (exact) mass is 524 g/mol. The molecule has 0 aliphatic carbocycles. The number of fused-ring (bicyclic) bond motifs is 1. The van der Waals surface area contributed by atoms with Crippen molar-refractivity contribution in [2.24, 2.45) is 0 Å². The number of amides is 1. The van der Waals surface area contributed by atoms with Crippen molar-refractivity contribution >= 4 is 46.0 Å². The molecule has 1 N–H and O–H groups in total. The molecule has 1 amide bonds. The lowest BCUT2D eigenvalue weighted by Gasteiger charge is -2.25. The summed E-state index contributed by atoms with van der Waals surface area (Å²) in [5.41, 5.74) is 1.80. The van der Waals surface area contributed by atoms with Gasteiger partial charge >= 0.3 is 0 Å². The SMILES string of the molecule is CCOc1cc([C@H]2CC(=O)Nc3ncnn32)cc(I)c1OCc1ccccc1Cl. The molecule has 2 heterocycles. The van der Waals surface area contributed by atoms with Crippen molar-refractivity contribution < 1.29 is 14.3 Å². The van der Waals surface area contributed by atoms with Gasteiger partial charge in [-0.25, -0.2) is 4.68 Å². The molecule has 0 saturated carbocycles. The second-order valence-corrected chi connectivity index (χ2v) is 8.01. The summed E-state index contributed by atoms with van der Waals surface area (Å²) in [6.45, 7) is 2.73. The Hall–Kier alpha value is -2.33. The molecule has 150 valence electrons. The minimum atomic E-state index is -0.258. The molecule has 0 fully saturated rings. The Morgan fingerprint density at radius 1 is 1.31 bits per heavy atom. The van der Waals surface area contributed by atoms with E-state index >= 15 is 0 Å². The van der Waals surface area contributed by atoms with Gasteiger partial charge in [0.15, 0.2) is 11.5 Å². The van der Waals surface area contributed by atoms with Crippen LogP contribution in [-0.2, 0) is 11.4 Å². The fourth-order valence-electron chi connectivity index (χ4n) is 3.21. The average Bonchev–Trinajstić information content (AvgIpc) is 3.16. The van der Waals surface area contributed by atoms with Crippen molar-refractivity contribution in [2.45, 2.75) is 26.0 Å². The van der Waals surface area contributed by atoms with Crippen LogP contribution in [0.3, 0.4) is 0 Å². The molecule has 0 bridgehead atoms. The molecule has 9 heteroatoms. The third kappa shape index (κ3) is 4.18. The van der Waals surface area contributed by atoms with Gasteiger partial charge in [-0.15, -0.1) is 0 Å². The highest BCUT2D eigenvalue weighted by Gasteiger charge is 2.29. The third-order valence-corrected chi connectivity index (χ3v) is 5.71. The summed E-state index contributed by atoms with van der Waals surface area (Å²) in [7, 11) is 0. The van der Waals surface area contributed by atoms with Crippen LogP contribution in [0.25, 0.3) is 0 Å². The van der Waals surface area contributed by atoms with E-state index in [1.807, 2.05) is 43.3 Å². The van der Waals surface area contributed by atoms with E-state index in [0.29, 0.717) is 35.7 Å². The zero-order valence-electron chi connectivity index (χ0n) is 15.6. The Morgan fingerprint density at radius 2 is 2.14 bits per heavy atom. The van der Waals surface area contributed by atoms with Crippen LogP contribution in [0.15, 0.2) is 42.7 Å². The van der Waals surface area contributed by atoms with E-state index in [1.165, 1.54) is 6.33 Å². The fourth-order valence-corrected chi connectivity index (χ4v) is 4.18. The van der Waals surface area contributed by atoms with Gasteiger partial charge in [-0.3, -0.25) is 10.1 Å². The molecule has 0 saturated heterocycles. The van der Waals surface area contributed by atoms with E-state index < -0.39 is 0 Å². The number of carbonyl (C=O) groups is 1. The van der Waals surface area contributed by atoms with E-state index in [-0.39, 0.29) is 18.4 Å². The van der Waals surface area contributed by atoms with Crippen LogP contribution in [0.1, 0.15) is 30.5 Å². The molecule has 29 heavy (non-hydrogen) atoms. The summed E-state index contributed by atoms with van der Waals surface area (Å²) in [6.07, 6.45) is 1.71. The van der Waals surface area contributed by atoms with E-state index in [0.717, 1.165) is 14.7 Å². The molecule has 1 aliphatic rings. The Balaban J connectivity index is 1.67. The van der Waals surface area contributed by atoms with Gasteiger partial charge in [0.05, 0.1) is 22.6 Å². The topological polar surface area (TPSA) is 78.3 Å². The van der Waals surface area contributed by atoms with Gasteiger partial charge in [-0.2, -0.15) is 10.1 Å². The molecule has 7 nitrogen and oxygen atoms in total. The zero-order valence-corrected chi connectivity index (χ0v) is 18.5. The largest absolute Gasteiger partial charge is 0.490 e. The molecule has 1 aromatic heterocycles. The number of carbonyl (C=O) groups excluding carboxylic acids is 1. The van der Waals surface area contributed by atoms with Gasteiger partial charge in [0, 0.05) is 10.6 Å². The predicted octanol–water partition coefficient (Wildman–Crippen LogP) is 4.45. The van der Waals surface area contributed by atoms with E-state index in [9.17, 15) is 4.79 Å². The van der Waals surface area contributed by atoms with Crippen molar-refractivity contribution in [3.05, 3.63) is 62.4 Å². The molecule has 2 aromatic carbocycles. The lowest BCUT2D eigenvalue weighted by molar-refractivity contribution is -0.117. The van der Waals surface area contributed by atoms with Crippen molar-refractivity contribution in [3.8, 4) is 11.5 Å². The first-order valence-corrected chi connectivity index (χ1v) is 10.5. The fraction of sp³-hybridized carbons (Fsp3) is 0.250. The smallest absolute Gasteiger partial charge is 0.229 e. The van der Waals surface area contributed by atoms with Crippen molar-refractivity contribution in [2.75, 3.05) is 11.9 Å². The molecule has 1 atom stereocenters. The number of benzene rings is 2. The van der Waals surface area contributed by atoms with Crippen LogP contribution in [0.5, 0.6) is 11.5 Å². The lowest BCUT2D eigenvalue weighted by atomic mass is 10.0. The van der Waals surface area contributed by atoms with Crippen molar-refractivity contribution in [1.29, 1.82) is 0 Å². The summed E-state index contributed by atoms with van der Waals surface area (Å²) < 4.78 is 14.5. The minimum absolute atomic E-state index is 0.0949. The molecular formula is C20H18ClIN4O3. The van der Waals surface area contributed by atoms with Gasteiger partial charge in [0.2, 0.25) is 11.9 Å². The Kier molecular flexibility index (Phi) is 5.91. The summed E-state index contributed by atoms with van der Waals surface area (Å²) in [5.74, 6) is 1.62. The zero-order chi connectivity index (χ0) is 20.4. The van der Waals surface area contributed by atoms with Crippen molar-refractivity contribution in [1.82, 2.24) is 14.8 Å². The van der Waals surface area contributed by atoms with Crippen molar-refractivity contribution in [3.63, 3.8) is 0 Å². The summed E-state index contributed by atoms with van der Waals surface area (Å²) >= 11 is 8.46. The van der Waals surface area contributed by atoms with Crippen LogP contribution in [0, 0.1) is 3.57 Å². The van der Waals surface area contributed by atoms with Gasteiger partial charge in [0.25, 0.3) is 0 Å². The average molecular weight is 525 g/mol. The maximum Gasteiger partial charge on any atom is 0.229 e. The highest BCUT2D eigenvalue weighted by atomic mass is 127. The number of anilines is 1. The number of nitrogens with one attached hydrogen (secondary N) is 1. The molecule has 0 spiro atoms. The summed E-state index contributed by atoms with van der Waals surface area (Å²) in [6, 6.07) is 11.2. The highest BCUT2D eigenvalue weighted by Crippen LogP contribution is 2.39. The maximum absolute atomic E-state index is 12.1. The number of hydrogen-bond donors (Lipinski definition) is 1. The Bertz CT molecular complexity index is 1060. The van der Waals surface area contributed by atoms with Crippen LogP contribution in [0.4, 0.5) is 5.95 Å². The number of hydrogen-bond acceptors (Lipinski definition) is 5. The second-order valence-electron chi connectivity index (χ2n) is 6.44. The lowest BCUT2D eigenvalue weighted by Crippen LogP contribution is -2.29. The second kappa shape index (κ2) is 8.58. The number of nitrogens with zero attached hydrogens (tertiary/aromatic N) is 3. The number of halogens is 2. The van der Waals surface area contributed by atoms with E-state index in [4.69, 9.17) is 21.1 Å². The molecule has 3 aromatic rings. The quantitative estimate of drug-likeness (QED) is 0.482. The number of ether oxygens (including phenoxy) is 2. The summed E-state index contributed by atoms with van der Waals surface area (Å²) in [5, 5.41) is 7.65. The maximum atomic E-state index is 12.1. The molecular weight excluding hydrogens is 507 g/mol. The normalized spacial score (nSPS) is 15.6. The minimum Gasteiger partial charge on any atom is -0.490 e. The standard InChI is InChI=1S/C20H18ClIN4O3/c1-2-28-17-8-13(16-9-18(27)25-20-23-11-24-26(16)20)7-15(22)19(17)29-10-12-5-3-4-6-14(12)21/h3-8,11,16H,2,9-10H2,1H3,(H,23,24,25,27)/t16-/m1/s1. The number of aromatic nitrogens is 3. The van der Waals surface area contributed by atoms with Gasteiger partial charge in [-0.05, 0) is 53.3 Å². The van der Waals surface area contributed by atoms with E-state index in [1.54, 1.807) is 4.68 Å². The van der Waals surface area contributed by atoms with Crippen LogP contribution >= 0.6 is 34.2 Å². The summed E-state index contributed by atoms with van der Waals surface area (Å²) in [4.78, 5) is 16.2. The van der Waals surface area contributed by atoms with Gasteiger partial charge in [-0.1, -0.05) is 29.8 Å². The third-order valence-electron chi connectivity index (χ3n) is 4.54. The molecule has 1 aliphatic heterocycles. The molecule has 0 radical (unpaired) electrons. The van der Waals surface area contributed by atoms with Crippen LogP contribution in [0.2, 0.25) is 5.02 Å². The Labute approximate surface area is 186 Å². The predicted molar refractivity (Wildman–Crippen MR) is 118 cm³/mol.